The zero-order valence-electron chi connectivity index (χ0n) is 16.0. The molecule has 1 saturated heterocycles. The van der Waals surface area contributed by atoms with Crippen LogP contribution in [-0.4, -0.2) is 46.4 Å². The quantitative estimate of drug-likeness (QED) is 0.691. The Labute approximate surface area is 186 Å². The number of carbonyl (C=O) groups is 1. The third kappa shape index (κ3) is 5.33. The maximum absolute atomic E-state index is 12.9. The highest BCUT2D eigenvalue weighted by Crippen LogP contribution is 2.27. The maximum atomic E-state index is 12.9. The Morgan fingerprint density at radius 3 is 2.10 bits per heavy atom. The molecule has 0 bridgehead atoms. The van der Waals surface area contributed by atoms with E-state index in [0.29, 0.717) is 28.6 Å². The van der Waals surface area contributed by atoms with E-state index in [9.17, 15) is 21.6 Å². The summed E-state index contributed by atoms with van der Waals surface area (Å²) in [6.45, 7) is 0.305. The molecule has 1 aliphatic rings. The van der Waals surface area contributed by atoms with E-state index >= 15 is 0 Å². The summed E-state index contributed by atoms with van der Waals surface area (Å²) in [5.74, 6) is -0.596. The van der Waals surface area contributed by atoms with E-state index in [0.717, 1.165) is 12.3 Å². The Bertz CT molecular complexity index is 1150. The van der Waals surface area contributed by atoms with Gasteiger partial charge in [0.1, 0.15) is 0 Å². The molecule has 0 saturated carbocycles. The molecule has 0 spiro atoms. The zero-order valence-corrected chi connectivity index (χ0v) is 19.2. The lowest BCUT2D eigenvalue weighted by molar-refractivity contribution is -0.120. The van der Waals surface area contributed by atoms with Crippen LogP contribution in [-0.2, 0) is 24.7 Å². The molecule has 1 heterocycles. The van der Waals surface area contributed by atoms with Crippen molar-refractivity contribution in [1.29, 1.82) is 0 Å². The van der Waals surface area contributed by atoms with Crippen LogP contribution < -0.4 is 5.32 Å². The number of anilines is 1. The number of carbonyl (C=O) groups excluding carboxylic acids is 1. The summed E-state index contributed by atoms with van der Waals surface area (Å²) < 4.78 is 50.6. The molecule has 11 heteroatoms. The smallest absolute Gasteiger partial charge is 0.243 e. The molecule has 7 nitrogen and oxygen atoms in total. The number of sulfonamides is 1. The SMILES string of the molecule is CS(=O)(=O)c1cccc(S(=O)(=O)N2CCC(C(=O)Nc3cc(Cl)cc(Cl)c3)CC2)c1. The second-order valence-corrected chi connectivity index (χ2v) is 11.9. The van der Waals surface area contributed by atoms with Crippen LogP contribution in [0.25, 0.3) is 0 Å². The molecule has 0 radical (unpaired) electrons. The van der Waals surface area contributed by atoms with Gasteiger partial charge in [0.25, 0.3) is 0 Å². The largest absolute Gasteiger partial charge is 0.326 e. The van der Waals surface area contributed by atoms with Crippen LogP contribution in [0.15, 0.2) is 52.3 Å². The average Bonchev–Trinajstić information content (AvgIpc) is 2.66. The molecule has 1 N–H and O–H groups in total. The van der Waals surface area contributed by atoms with Crippen molar-refractivity contribution in [2.45, 2.75) is 22.6 Å². The molecular formula is C19H20Cl2N2O5S2. The van der Waals surface area contributed by atoms with Crippen LogP contribution in [0.1, 0.15) is 12.8 Å². The first-order valence-electron chi connectivity index (χ1n) is 9.04. The molecule has 0 unspecified atom stereocenters. The fourth-order valence-electron chi connectivity index (χ4n) is 3.24. The Kier molecular flexibility index (Phi) is 6.78. The van der Waals surface area contributed by atoms with E-state index in [1.54, 1.807) is 18.2 Å². The van der Waals surface area contributed by atoms with Crippen molar-refractivity contribution >= 4 is 54.7 Å². The zero-order chi connectivity index (χ0) is 22.1. The maximum Gasteiger partial charge on any atom is 0.243 e. The lowest BCUT2D eigenvalue weighted by Gasteiger charge is -2.30. The number of nitrogens with one attached hydrogen (secondary N) is 1. The molecule has 1 aliphatic heterocycles. The number of halogens is 2. The van der Waals surface area contributed by atoms with Crippen molar-refractivity contribution in [3.05, 3.63) is 52.5 Å². The fourth-order valence-corrected chi connectivity index (χ4v) is 6.03. The number of benzene rings is 2. The molecule has 30 heavy (non-hydrogen) atoms. The molecule has 3 rings (SSSR count). The molecule has 162 valence electrons. The number of amides is 1. The van der Waals surface area contributed by atoms with Gasteiger partial charge in [-0.1, -0.05) is 29.3 Å². The van der Waals surface area contributed by atoms with Crippen LogP contribution in [0, 0.1) is 5.92 Å². The topological polar surface area (TPSA) is 101 Å². The van der Waals surface area contributed by atoms with E-state index in [-0.39, 0.29) is 34.7 Å². The fraction of sp³-hybridized carbons (Fsp3) is 0.316. The normalized spacial score (nSPS) is 16.4. The predicted octanol–water partition coefficient (Wildman–Crippen LogP) is 3.44. The first-order chi connectivity index (χ1) is 14.0. The van der Waals surface area contributed by atoms with Gasteiger partial charge in [-0.25, -0.2) is 16.8 Å². The van der Waals surface area contributed by atoms with E-state index < -0.39 is 19.9 Å². The molecule has 0 aromatic heterocycles. The summed E-state index contributed by atoms with van der Waals surface area (Å²) in [6.07, 6.45) is 1.70. The minimum Gasteiger partial charge on any atom is -0.326 e. The lowest BCUT2D eigenvalue weighted by Crippen LogP contribution is -2.41. The number of piperidine rings is 1. The Morgan fingerprint density at radius 1 is 0.967 bits per heavy atom. The van der Waals surface area contributed by atoms with Gasteiger partial charge in [-0.3, -0.25) is 4.79 Å². The number of hydrogen-bond acceptors (Lipinski definition) is 5. The van der Waals surface area contributed by atoms with E-state index in [1.807, 2.05) is 0 Å². The van der Waals surface area contributed by atoms with Gasteiger partial charge in [-0.05, 0) is 49.2 Å². The van der Waals surface area contributed by atoms with Crippen LogP contribution in [0.5, 0.6) is 0 Å². The molecular weight excluding hydrogens is 471 g/mol. The summed E-state index contributed by atoms with van der Waals surface area (Å²) in [5.41, 5.74) is 0.477. The molecule has 2 aromatic rings. The van der Waals surface area contributed by atoms with Gasteiger partial charge in [0.05, 0.1) is 9.79 Å². The summed E-state index contributed by atoms with van der Waals surface area (Å²) in [5, 5.41) is 3.56. The second kappa shape index (κ2) is 8.84. The third-order valence-corrected chi connectivity index (χ3v) is 8.27. The molecule has 0 atom stereocenters. The van der Waals surface area contributed by atoms with Gasteiger partial charge < -0.3 is 5.32 Å². The minimum atomic E-state index is -3.86. The monoisotopic (exact) mass is 490 g/mol. The summed E-state index contributed by atoms with van der Waals surface area (Å²) in [6, 6.07) is 10.0. The molecule has 1 amide bonds. The van der Waals surface area contributed by atoms with E-state index in [4.69, 9.17) is 23.2 Å². The van der Waals surface area contributed by atoms with Crippen LogP contribution in [0.2, 0.25) is 10.0 Å². The van der Waals surface area contributed by atoms with Crippen molar-refractivity contribution in [2.24, 2.45) is 5.92 Å². The van der Waals surface area contributed by atoms with Crippen molar-refractivity contribution in [2.75, 3.05) is 24.7 Å². The van der Waals surface area contributed by atoms with Gasteiger partial charge in [0.15, 0.2) is 9.84 Å². The van der Waals surface area contributed by atoms with Gasteiger partial charge >= 0.3 is 0 Å². The Balaban J connectivity index is 1.68. The summed E-state index contributed by atoms with van der Waals surface area (Å²) in [4.78, 5) is 12.4. The summed E-state index contributed by atoms with van der Waals surface area (Å²) >= 11 is 11.9. The number of sulfone groups is 1. The van der Waals surface area contributed by atoms with Crippen molar-refractivity contribution in [3.8, 4) is 0 Å². The minimum absolute atomic E-state index is 0.0574. The number of hydrogen-bond donors (Lipinski definition) is 1. The Hall–Kier alpha value is -1.65. The van der Waals surface area contributed by atoms with Gasteiger partial charge in [0.2, 0.25) is 15.9 Å². The van der Waals surface area contributed by atoms with Gasteiger partial charge in [-0.2, -0.15) is 4.31 Å². The van der Waals surface area contributed by atoms with Crippen LogP contribution in [0.3, 0.4) is 0 Å². The van der Waals surface area contributed by atoms with Crippen LogP contribution in [0.4, 0.5) is 5.69 Å². The molecule has 0 aliphatic carbocycles. The van der Waals surface area contributed by atoms with Crippen molar-refractivity contribution < 1.29 is 21.6 Å². The highest BCUT2D eigenvalue weighted by molar-refractivity contribution is 7.91. The highest BCUT2D eigenvalue weighted by Gasteiger charge is 2.32. The second-order valence-electron chi connectivity index (χ2n) is 7.07. The predicted molar refractivity (Wildman–Crippen MR) is 116 cm³/mol. The Morgan fingerprint density at radius 2 is 1.53 bits per heavy atom. The molecule has 1 fully saturated rings. The lowest BCUT2D eigenvalue weighted by atomic mass is 9.97. The third-order valence-electron chi connectivity index (χ3n) is 4.83. The molecule has 2 aromatic carbocycles. The van der Waals surface area contributed by atoms with E-state index in [1.165, 1.54) is 22.5 Å². The standard InChI is InChI=1S/C19H20Cl2N2O5S2/c1-29(25,26)17-3-2-4-18(12-17)30(27,28)23-7-5-13(6-8-23)19(24)22-16-10-14(20)9-15(21)11-16/h2-4,9-13H,5-8H2,1H3,(H,22,24). The first kappa shape index (κ1) is 23.0. The van der Waals surface area contributed by atoms with Crippen LogP contribution >= 0.6 is 23.2 Å². The van der Waals surface area contributed by atoms with Gasteiger partial charge in [0, 0.05) is 41.0 Å². The number of rotatable bonds is 5. The van der Waals surface area contributed by atoms with Gasteiger partial charge in [-0.15, -0.1) is 0 Å². The average molecular weight is 491 g/mol. The summed E-state index contributed by atoms with van der Waals surface area (Å²) in [7, 11) is -7.39. The number of nitrogens with zero attached hydrogens (tertiary/aromatic N) is 1. The van der Waals surface area contributed by atoms with E-state index in [2.05, 4.69) is 5.32 Å². The van der Waals surface area contributed by atoms with Crippen molar-refractivity contribution in [3.63, 3.8) is 0 Å². The first-order valence-corrected chi connectivity index (χ1v) is 13.1. The van der Waals surface area contributed by atoms with Crippen molar-refractivity contribution in [1.82, 2.24) is 4.31 Å². The highest BCUT2D eigenvalue weighted by atomic mass is 35.5.